The SMILES string of the molecule is COC(=O)C1(CN(C)CCc2ccc[nH]2)CC1. The van der Waals surface area contributed by atoms with Crippen molar-refractivity contribution in [3.63, 3.8) is 0 Å². The highest BCUT2D eigenvalue weighted by atomic mass is 16.5. The molecule has 0 bridgehead atoms. The number of methoxy groups -OCH3 is 1. The Morgan fingerprint density at radius 1 is 1.59 bits per heavy atom. The predicted molar refractivity (Wildman–Crippen MR) is 65.7 cm³/mol. The number of rotatable bonds is 6. The van der Waals surface area contributed by atoms with E-state index >= 15 is 0 Å². The molecule has 0 radical (unpaired) electrons. The monoisotopic (exact) mass is 236 g/mol. The number of carbonyl (C=O) groups excluding carboxylic acids is 1. The third-order valence-electron chi connectivity index (χ3n) is 3.47. The number of H-pyrrole nitrogens is 1. The van der Waals surface area contributed by atoms with Crippen LogP contribution in [0.5, 0.6) is 0 Å². The van der Waals surface area contributed by atoms with E-state index in [1.165, 1.54) is 12.8 Å². The van der Waals surface area contributed by atoms with Gasteiger partial charge in [0.05, 0.1) is 12.5 Å². The van der Waals surface area contributed by atoms with Gasteiger partial charge in [-0.25, -0.2) is 0 Å². The molecule has 1 heterocycles. The molecule has 4 nitrogen and oxygen atoms in total. The van der Waals surface area contributed by atoms with Crippen LogP contribution in [-0.4, -0.2) is 43.1 Å². The van der Waals surface area contributed by atoms with Crippen LogP contribution in [0.2, 0.25) is 0 Å². The van der Waals surface area contributed by atoms with Crippen molar-refractivity contribution in [1.29, 1.82) is 0 Å². The van der Waals surface area contributed by atoms with E-state index in [2.05, 4.69) is 23.0 Å². The fourth-order valence-corrected chi connectivity index (χ4v) is 2.22. The Balaban J connectivity index is 1.78. The summed E-state index contributed by atoms with van der Waals surface area (Å²) >= 11 is 0. The maximum absolute atomic E-state index is 11.6. The van der Waals surface area contributed by atoms with Crippen LogP contribution in [0.25, 0.3) is 0 Å². The number of carbonyl (C=O) groups is 1. The zero-order valence-corrected chi connectivity index (χ0v) is 10.5. The Bertz CT molecular complexity index is 369. The minimum Gasteiger partial charge on any atom is -0.469 e. The van der Waals surface area contributed by atoms with Gasteiger partial charge in [-0.05, 0) is 32.0 Å². The Morgan fingerprint density at radius 2 is 2.35 bits per heavy atom. The second-order valence-electron chi connectivity index (χ2n) is 4.96. The van der Waals surface area contributed by atoms with Crippen molar-refractivity contribution in [2.24, 2.45) is 5.41 Å². The van der Waals surface area contributed by atoms with E-state index < -0.39 is 0 Å². The number of aromatic amines is 1. The summed E-state index contributed by atoms with van der Waals surface area (Å²) in [5.74, 6) is -0.0516. The van der Waals surface area contributed by atoms with Crippen molar-refractivity contribution in [2.45, 2.75) is 19.3 Å². The van der Waals surface area contributed by atoms with Gasteiger partial charge >= 0.3 is 5.97 Å². The van der Waals surface area contributed by atoms with Crippen molar-refractivity contribution in [1.82, 2.24) is 9.88 Å². The van der Waals surface area contributed by atoms with Crippen LogP contribution in [0.4, 0.5) is 0 Å². The third-order valence-corrected chi connectivity index (χ3v) is 3.47. The van der Waals surface area contributed by atoms with Gasteiger partial charge in [-0.2, -0.15) is 0 Å². The first-order valence-corrected chi connectivity index (χ1v) is 6.05. The number of hydrogen-bond donors (Lipinski definition) is 1. The highest BCUT2D eigenvalue weighted by Crippen LogP contribution is 2.47. The smallest absolute Gasteiger partial charge is 0.313 e. The molecule has 1 N–H and O–H groups in total. The van der Waals surface area contributed by atoms with Gasteiger partial charge in [-0.15, -0.1) is 0 Å². The first-order valence-electron chi connectivity index (χ1n) is 6.05. The van der Waals surface area contributed by atoms with Gasteiger partial charge in [0.2, 0.25) is 0 Å². The molecule has 1 aliphatic rings. The van der Waals surface area contributed by atoms with Gasteiger partial charge in [0.15, 0.2) is 0 Å². The molecule has 0 spiro atoms. The lowest BCUT2D eigenvalue weighted by Gasteiger charge is -2.21. The summed E-state index contributed by atoms with van der Waals surface area (Å²) in [7, 11) is 3.54. The average Bonchev–Trinajstić information content (AvgIpc) is 2.92. The van der Waals surface area contributed by atoms with Gasteiger partial charge < -0.3 is 14.6 Å². The molecule has 1 fully saturated rings. The number of nitrogens with one attached hydrogen (secondary N) is 1. The Hall–Kier alpha value is -1.29. The fraction of sp³-hybridized carbons (Fsp3) is 0.615. The fourth-order valence-electron chi connectivity index (χ4n) is 2.22. The highest BCUT2D eigenvalue weighted by Gasteiger charge is 2.51. The lowest BCUT2D eigenvalue weighted by atomic mass is 10.1. The molecule has 0 saturated heterocycles. The van der Waals surface area contributed by atoms with Crippen LogP contribution in [0.1, 0.15) is 18.5 Å². The Kier molecular flexibility index (Phi) is 3.52. The molecule has 0 aliphatic heterocycles. The molecule has 0 atom stereocenters. The van der Waals surface area contributed by atoms with Gasteiger partial charge in [-0.1, -0.05) is 0 Å². The summed E-state index contributed by atoms with van der Waals surface area (Å²) in [6.45, 7) is 1.76. The van der Waals surface area contributed by atoms with Crippen LogP contribution < -0.4 is 0 Å². The van der Waals surface area contributed by atoms with Crippen LogP contribution in [0.15, 0.2) is 18.3 Å². The number of esters is 1. The lowest BCUT2D eigenvalue weighted by molar-refractivity contribution is -0.147. The molecule has 0 unspecified atom stereocenters. The van der Waals surface area contributed by atoms with Crippen LogP contribution in [0.3, 0.4) is 0 Å². The summed E-state index contributed by atoms with van der Waals surface area (Å²) in [4.78, 5) is 17.0. The van der Waals surface area contributed by atoms with Crippen LogP contribution in [-0.2, 0) is 16.0 Å². The van der Waals surface area contributed by atoms with Gasteiger partial charge in [0.1, 0.15) is 0 Å². The molecule has 94 valence electrons. The van der Waals surface area contributed by atoms with E-state index in [4.69, 9.17) is 4.74 Å². The Labute approximate surface area is 102 Å². The average molecular weight is 236 g/mol. The first-order chi connectivity index (χ1) is 8.16. The zero-order valence-electron chi connectivity index (χ0n) is 10.5. The van der Waals surface area contributed by atoms with E-state index in [0.29, 0.717) is 0 Å². The molecular formula is C13H20N2O2. The lowest BCUT2D eigenvalue weighted by Crippen LogP contribution is -2.33. The van der Waals surface area contributed by atoms with E-state index in [-0.39, 0.29) is 11.4 Å². The minimum absolute atomic E-state index is 0.0516. The molecular weight excluding hydrogens is 216 g/mol. The van der Waals surface area contributed by atoms with Gasteiger partial charge in [0, 0.05) is 31.4 Å². The largest absolute Gasteiger partial charge is 0.469 e. The summed E-state index contributed by atoms with van der Waals surface area (Å²) in [6.07, 6.45) is 4.85. The first kappa shape index (κ1) is 12.2. The van der Waals surface area contributed by atoms with Crippen molar-refractivity contribution in [2.75, 3.05) is 27.2 Å². The molecule has 2 rings (SSSR count). The van der Waals surface area contributed by atoms with E-state index in [9.17, 15) is 4.79 Å². The van der Waals surface area contributed by atoms with Gasteiger partial charge in [0.25, 0.3) is 0 Å². The number of ether oxygens (including phenoxy) is 1. The molecule has 0 aromatic carbocycles. The van der Waals surface area contributed by atoms with Gasteiger partial charge in [-0.3, -0.25) is 4.79 Å². The Morgan fingerprint density at radius 3 is 2.88 bits per heavy atom. The van der Waals surface area contributed by atoms with Crippen LogP contribution in [0, 0.1) is 5.41 Å². The predicted octanol–water partition coefficient (Wildman–Crippen LogP) is 1.44. The number of aromatic nitrogens is 1. The zero-order chi connectivity index (χ0) is 12.3. The number of hydrogen-bond acceptors (Lipinski definition) is 3. The maximum atomic E-state index is 11.6. The summed E-state index contributed by atoms with van der Waals surface area (Å²) in [6, 6.07) is 4.09. The summed E-state index contributed by atoms with van der Waals surface area (Å²) < 4.78 is 4.86. The topological polar surface area (TPSA) is 45.3 Å². The second-order valence-corrected chi connectivity index (χ2v) is 4.96. The molecule has 17 heavy (non-hydrogen) atoms. The van der Waals surface area contributed by atoms with E-state index in [1.54, 1.807) is 0 Å². The molecule has 4 heteroatoms. The van der Waals surface area contributed by atoms with Crippen molar-refractivity contribution >= 4 is 5.97 Å². The number of nitrogens with zero attached hydrogens (tertiary/aromatic N) is 1. The number of likely N-dealkylation sites (N-methyl/N-ethyl adjacent to an activating group) is 1. The molecule has 1 saturated carbocycles. The molecule has 1 aromatic heterocycles. The van der Waals surface area contributed by atoms with Crippen LogP contribution >= 0.6 is 0 Å². The third kappa shape index (κ3) is 2.88. The molecule has 1 aliphatic carbocycles. The molecule has 1 aromatic rings. The second kappa shape index (κ2) is 4.92. The van der Waals surface area contributed by atoms with Crippen molar-refractivity contribution in [3.05, 3.63) is 24.0 Å². The molecule has 0 amide bonds. The van der Waals surface area contributed by atoms with Crippen molar-refractivity contribution in [3.8, 4) is 0 Å². The highest BCUT2D eigenvalue weighted by molar-refractivity contribution is 5.80. The quantitative estimate of drug-likeness (QED) is 0.760. The normalized spacial score (nSPS) is 17.1. The van der Waals surface area contributed by atoms with E-state index in [0.717, 1.165) is 32.4 Å². The standard InChI is InChI=1S/C13H20N2O2/c1-15(9-5-11-4-3-8-14-11)10-13(6-7-13)12(16)17-2/h3-4,8,14H,5-7,9-10H2,1-2H3. The maximum Gasteiger partial charge on any atom is 0.313 e. The van der Waals surface area contributed by atoms with E-state index in [1.807, 2.05) is 12.3 Å². The minimum atomic E-state index is -0.209. The summed E-state index contributed by atoms with van der Waals surface area (Å²) in [5.41, 5.74) is 1.03. The van der Waals surface area contributed by atoms with Crippen molar-refractivity contribution < 1.29 is 9.53 Å². The summed E-state index contributed by atoms with van der Waals surface area (Å²) in [5, 5.41) is 0.